The number of nitrogens with zero attached hydrogens (tertiary/aromatic N) is 1. The highest BCUT2D eigenvalue weighted by Gasteiger charge is 2.40. The lowest BCUT2D eigenvalue weighted by molar-refractivity contribution is -0.132. The van der Waals surface area contributed by atoms with E-state index >= 15 is 0 Å². The van der Waals surface area contributed by atoms with Crippen molar-refractivity contribution in [3.8, 4) is 0 Å². The average molecular weight is 487 g/mol. The van der Waals surface area contributed by atoms with Gasteiger partial charge in [-0.05, 0) is 36.6 Å². The van der Waals surface area contributed by atoms with Gasteiger partial charge in [0.25, 0.3) is 0 Å². The van der Waals surface area contributed by atoms with Gasteiger partial charge in [-0.3, -0.25) is 4.79 Å². The fraction of sp³-hybridized carbons (Fsp3) is 0.381. The number of sulfone groups is 1. The zero-order valence-electron chi connectivity index (χ0n) is 17.5. The first-order valence-electron chi connectivity index (χ1n) is 9.99. The molecule has 2 aromatic carbocycles. The number of carbonyl (C=O) groups excluding carboxylic acids is 1. The fourth-order valence-electron chi connectivity index (χ4n) is 3.62. The van der Waals surface area contributed by atoms with Gasteiger partial charge in [-0.15, -0.1) is 0 Å². The van der Waals surface area contributed by atoms with E-state index in [9.17, 15) is 30.4 Å². The molecule has 11 heteroatoms. The van der Waals surface area contributed by atoms with Crippen LogP contribution in [0.3, 0.4) is 0 Å². The Morgan fingerprint density at radius 1 is 1.00 bits per heavy atom. The maximum absolute atomic E-state index is 14.0. The molecule has 1 heterocycles. The number of hydrogen-bond donors (Lipinski definition) is 1. The molecule has 32 heavy (non-hydrogen) atoms. The molecular formula is C21H24F2N2O5S2. The molecule has 7 nitrogen and oxygen atoms in total. The molecule has 1 aliphatic rings. The van der Waals surface area contributed by atoms with Crippen LogP contribution >= 0.6 is 0 Å². The molecule has 3 rings (SSSR count). The number of carbonyl (C=O) groups is 1. The van der Waals surface area contributed by atoms with Gasteiger partial charge in [0, 0.05) is 13.1 Å². The van der Waals surface area contributed by atoms with Crippen LogP contribution in [0, 0.1) is 17.6 Å². The Hall–Kier alpha value is -2.37. The van der Waals surface area contributed by atoms with Crippen LogP contribution in [0.2, 0.25) is 0 Å². The van der Waals surface area contributed by atoms with Crippen LogP contribution in [-0.2, 0) is 24.7 Å². The summed E-state index contributed by atoms with van der Waals surface area (Å²) in [5.74, 6) is -3.76. The molecular weight excluding hydrogens is 462 g/mol. The Morgan fingerprint density at radius 3 is 2.16 bits per heavy atom. The molecule has 1 amide bonds. The minimum Gasteiger partial charge on any atom is -0.340 e. The van der Waals surface area contributed by atoms with Gasteiger partial charge in [0.05, 0.1) is 10.1 Å². The van der Waals surface area contributed by atoms with E-state index in [2.05, 4.69) is 4.72 Å². The van der Waals surface area contributed by atoms with Gasteiger partial charge in [0.1, 0.15) is 17.7 Å². The second-order valence-electron chi connectivity index (χ2n) is 7.95. The van der Waals surface area contributed by atoms with Crippen LogP contribution in [-0.4, -0.2) is 52.0 Å². The van der Waals surface area contributed by atoms with E-state index in [-0.39, 0.29) is 24.4 Å². The number of amides is 1. The van der Waals surface area contributed by atoms with Crippen LogP contribution in [0.15, 0.2) is 58.3 Å². The Morgan fingerprint density at radius 2 is 1.59 bits per heavy atom. The normalized spacial score (nSPS) is 18.2. The van der Waals surface area contributed by atoms with E-state index in [0.29, 0.717) is 0 Å². The minimum absolute atomic E-state index is 0.102. The number of sulfonamides is 1. The zero-order chi connectivity index (χ0) is 23.7. The lowest BCUT2D eigenvalue weighted by atomic mass is 10.0. The molecule has 0 saturated carbocycles. The third-order valence-electron chi connectivity index (χ3n) is 5.37. The number of rotatable bonds is 7. The zero-order valence-corrected chi connectivity index (χ0v) is 19.2. The summed E-state index contributed by atoms with van der Waals surface area (Å²) in [7, 11) is -8.36. The first kappa shape index (κ1) is 24.3. The highest BCUT2D eigenvalue weighted by molar-refractivity contribution is 7.92. The van der Waals surface area contributed by atoms with Crippen molar-refractivity contribution in [2.45, 2.75) is 41.4 Å². The summed E-state index contributed by atoms with van der Waals surface area (Å²) in [5.41, 5.74) is 0. The first-order chi connectivity index (χ1) is 14.9. The monoisotopic (exact) mass is 486 g/mol. The Labute approximate surface area is 186 Å². The highest BCUT2D eigenvalue weighted by atomic mass is 32.2. The predicted octanol–water partition coefficient (Wildman–Crippen LogP) is 2.34. The topological polar surface area (TPSA) is 101 Å². The number of nitrogens with one attached hydrogen (secondary N) is 1. The molecule has 174 valence electrons. The highest BCUT2D eigenvalue weighted by Crippen LogP contribution is 2.26. The van der Waals surface area contributed by atoms with Crippen molar-refractivity contribution in [1.29, 1.82) is 0 Å². The van der Waals surface area contributed by atoms with E-state index < -0.39 is 59.5 Å². The summed E-state index contributed by atoms with van der Waals surface area (Å²) in [4.78, 5) is 13.4. The first-order valence-corrected chi connectivity index (χ1v) is 13.0. The molecule has 2 unspecified atom stereocenters. The lowest BCUT2D eigenvalue weighted by Gasteiger charge is -2.27. The molecule has 0 aliphatic carbocycles. The lowest BCUT2D eigenvalue weighted by Crippen LogP contribution is -2.51. The molecule has 0 spiro atoms. The van der Waals surface area contributed by atoms with Crippen LogP contribution < -0.4 is 4.72 Å². The summed E-state index contributed by atoms with van der Waals surface area (Å²) in [5, 5.41) is -0.831. The summed E-state index contributed by atoms with van der Waals surface area (Å²) >= 11 is 0. The molecule has 2 aromatic rings. The van der Waals surface area contributed by atoms with E-state index in [4.69, 9.17) is 0 Å². The Balaban J connectivity index is 1.81. The SMILES string of the molecule is CC(C)C(NS(=O)(=O)c1c(F)cccc1F)C(=O)N1CCC(S(=O)(=O)c2ccccc2)C1. The van der Waals surface area contributed by atoms with Crippen molar-refractivity contribution in [3.63, 3.8) is 0 Å². The molecule has 2 atom stereocenters. The van der Waals surface area contributed by atoms with Gasteiger partial charge >= 0.3 is 0 Å². The minimum atomic E-state index is -4.69. The molecule has 1 N–H and O–H groups in total. The second-order valence-corrected chi connectivity index (χ2v) is 11.8. The predicted molar refractivity (Wildman–Crippen MR) is 114 cm³/mol. The summed E-state index contributed by atoms with van der Waals surface area (Å²) in [6, 6.07) is 9.20. The molecule has 1 aliphatic heterocycles. The Kier molecular flexibility index (Phi) is 7.01. The Bertz CT molecular complexity index is 1180. The summed E-state index contributed by atoms with van der Waals surface area (Å²) < 4.78 is 81.2. The third-order valence-corrected chi connectivity index (χ3v) is 9.05. The van der Waals surface area contributed by atoms with Gasteiger partial charge < -0.3 is 4.90 Å². The van der Waals surface area contributed by atoms with Crippen molar-refractivity contribution in [2.24, 2.45) is 5.92 Å². The summed E-state index contributed by atoms with van der Waals surface area (Å²) in [6.45, 7) is 3.18. The van der Waals surface area contributed by atoms with Crippen LogP contribution in [0.5, 0.6) is 0 Å². The second kappa shape index (κ2) is 9.24. The molecule has 0 radical (unpaired) electrons. The van der Waals surface area contributed by atoms with Gasteiger partial charge in [-0.25, -0.2) is 25.6 Å². The van der Waals surface area contributed by atoms with E-state index in [1.165, 1.54) is 17.0 Å². The van der Waals surface area contributed by atoms with E-state index in [1.54, 1.807) is 32.0 Å². The van der Waals surface area contributed by atoms with Crippen molar-refractivity contribution < 1.29 is 30.4 Å². The van der Waals surface area contributed by atoms with Crippen molar-refractivity contribution >= 4 is 25.8 Å². The van der Waals surface area contributed by atoms with E-state index in [1.807, 2.05) is 0 Å². The molecule has 0 aromatic heterocycles. The number of benzene rings is 2. The van der Waals surface area contributed by atoms with Crippen LogP contribution in [0.4, 0.5) is 8.78 Å². The van der Waals surface area contributed by atoms with Crippen molar-refractivity contribution in [3.05, 3.63) is 60.2 Å². The van der Waals surface area contributed by atoms with Crippen LogP contribution in [0.1, 0.15) is 20.3 Å². The van der Waals surface area contributed by atoms with Crippen LogP contribution in [0.25, 0.3) is 0 Å². The number of halogens is 2. The quantitative estimate of drug-likeness (QED) is 0.648. The van der Waals surface area contributed by atoms with Gasteiger partial charge in [-0.1, -0.05) is 38.1 Å². The fourth-order valence-corrected chi connectivity index (χ4v) is 6.81. The van der Waals surface area contributed by atoms with Crippen molar-refractivity contribution in [2.75, 3.05) is 13.1 Å². The maximum atomic E-state index is 14.0. The third kappa shape index (κ3) is 4.84. The largest absolute Gasteiger partial charge is 0.340 e. The standard InChI is InChI=1S/C21H24F2N2O5S2/c1-14(2)19(24-32(29,30)20-17(22)9-6-10-18(20)23)21(26)25-12-11-16(13-25)31(27,28)15-7-4-3-5-8-15/h3-10,14,16,19,24H,11-13H2,1-2H3. The average Bonchev–Trinajstić information content (AvgIpc) is 3.23. The smallest absolute Gasteiger partial charge is 0.247 e. The van der Waals surface area contributed by atoms with Gasteiger partial charge in [0.2, 0.25) is 15.9 Å². The van der Waals surface area contributed by atoms with Gasteiger partial charge in [0.15, 0.2) is 14.7 Å². The van der Waals surface area contributed by atoms with E-state index in [0.717, 1.165) is 18.2 Å². The number of likely N-dealkylation sites (tertiary alicyclic amines) is 1. The molecule has 1 saturated heterocycles. The molecule has 1 fully saturated rings. The van der Waals surface area contributed by atoms with Crippen molar-refractivity contribution in [1.82, 2.24) is 9.62 Å². The molecule has 0 bridgehead atoms. The maximum Gasteiger partial charge on any atom is 0.247 e. The summed E-state index contributed by atoms with van der Waals surface area (Å²) in [6.07, 6.45) is 0.197. The van der Waals surface area contributed by atoms with Gasteiger partial charge in [-0.2, -0.15) is 4.72 Å². The number of hydrogen-bond acceptors (Lipinski definition) is 5.